The Morgan fingerprint density at radius 3 is 2.70 bits per heavy atom. The van der Waals surface area contributed by atoms with Crippen LogP contribution in [0.1, 0.15) is 24.0 Å². The van der Waals surface area contributed by atoms with Crippen molar-refractivity contribution in [1.29, 1.82) is 0 Å². The average Bonchev–Trinajstić information content (AvgIpc) is 2.77. The number of allylic oxidation sites excluding steroid dienone is 2. The summed E-state index contributed by atoms with van der Waals surface area (Å²) in [6.45, 7) is 1.94. The molecule has 3 nitrogen and oxygen atoms in total. The van der Waals surface area contributed by atoms with Crippen LogP contribution in [0, 0.1) is 17.3 Å². The smallest absolute Gasteiger partial charge is 0.204 e. The van der Waals surface area contributed by atoms with Crippen molar-refractivity contribution in [1.82, 2.24) is 0 Å². The highest BCUT2D eigenvalue weighted by Gasteiger charge is 2.69. The molecule has 3 unspecified atom stereocenters. The van der Waals surface area contributed by atoms with Crippen molar-refractivity contribution in [3.05, 3.63) is 47.2 Å². The van der Waals surface area contributed by atoms with Crippen molar-refractivity contribution < 1.29 is 14.3 Å². The lowest BCUT2D eigenvalue weighted by Gasteiger charge is -2.57. The van der Waals surface area contributed by atoms with Crippen LogP contribution < -0.4 is 0 Å². The average molecular weight is 268 g/mol. The summed E-state index contributed by atoms with van der Waals surface area (Å²) in [5, 5.41) is 0. The van der Waals surface area contributed by atoms with Crippen LogP contribution in [0.25, 0.3) is 0 Å². The molecule has 1 aromatic rings. The maximum Gasteiger partial charge on any atom is 0.204 e. The molecule has 4 rings (SSSR count). The number of ether oxygens (including phenoxy) is 1. The highest BCUT2D eigenvalue weighted by atomic mass is 16.5. The first-order valence-electron chi connectivity index (χ1n) is 7.01. The number of fused-ring (bicyclic) bond motifs is 6. The number of rotatable bonds is 1. The predicted octanol–water partition coefficient (Wildman–Crippen LogP) is 2.26. The van der Waals surface area contributed by atoms with Gasteiger partial charge in [-0.05, 0) is 23.5 Å². The summed E-state index contributed by atoms with van der Waals surface area (Å²) in [6, 6.07) is 8.25. The van der Waals surface area contributed by atoms with Gasteiger partial charge in [-0.1, -0.05) is 31.2 Å². The summed E-state index contributed by atoms with van der Waals surface area (Å²) < 4.78 is 5.12. The Balaban J connectivity index is 1.86. The van der Waals surface area contributed by atoms with Gasteiger partial charge in [0.1, 0.15) is 0 Å². The van der Waals surface area contributed by atoms with Crippen molar-refractivity contribution in [3.8, 4) is 0 Å². The molecule has 0 heterocycles. The second kappa shape index (κ2) is 3.60. The van der Waals surface area contributed by atoms with Gasteiger partial charge in [0, 0.05) is 17.9 Å². The standard InChI is InChI=1S/C17H16O3/c1-17-14-10-6-4-3-5-9(10)7-11(14)15(17)12(18)8-13(20-2)16(17)19/h3-6,8,11,14-15H,7H2,1-2H3/t11?,14?,15?,17-/m1/s1. The molecule has 0 aromatic heterocycles. The van der Waals surface area contributed by atoms with E-state index < -0.39 is 5.41 Å². The second-order valence-electron chi connectivity index (χ2n) is 6.25. The first kappa shape index (κ1) is 11.9. The fourth-order valence-electron chi connectivity index (χ4n) is 4.71. The third-order valence-corrected chi connectivity index (χ3v) is 5.51. The number of carbonyl (C=O) groups excluding carboxylic acids is 2. The molecule has 1 fully saturated rings. The zero-order valence-corrected chi connectivity index (χ0v) is 11.6. The quantitative estimate of drug-likeness (QED) is 0.784. The minimum absolute atomic E-state index is 0.0115. The normalized spacial score (nSPS) is 37.5. The third-order valence-electron chi connectivity index (χ3n) is 5.51. The maximum atomic E-state index is 12.7. The van der Waals surface area contributed by atoms with E-state index in [0.29, 0.717) is 0 Å². The summed E-state index contributed by atoms with van der Waals surface area (Å²) in [6.07, 6.45) is 2.31. The Hall–Kier alpha value is -1.90. The second-order valence-corrected chi connectivity index (χ2v) is 6.25. The van der Waals surface area contributed by atoms with E-state index in [1.807, 2.05) is 19.1 Å². The number of Topliss-reactive ketones (excluding diaryl/α,β-unsaturated/α-hetero) is 1. The summed E-state index contributed by atoms with van der Waals surface area (Å²) in [5.74, 6) is 0.533. The van der Waals surface area contributed by atoms with Gasteiger partial charge in [-0.2, -0.15) is 0 Å². The Morgan fingerprint density at radius 2 is 1.95 bits per heavy atom. The molecular formula is C17H16O3. The highest BCUT2D eigenvalue weighted by molar-refractivity contribution is 6.13. The molecule has 0 amide bonds. The maximum absolute atomic E-state index is 12.7. The molecule has 0 spiro atoms. The van der Waals surface area contributed by atoms with Gasteiger partial charge in [0.05, 0.1) is 12.5 Å². The van der Waals surface area contributed by atoms with Gasteiger partial charge in [0.15, 0.2) is 11.5 Å². The molecule has 0 radical (unpaired) electrons. The van der Waals surface area contributed by atoms with Crippen LogP contribution in [0.15, 0.2) is 36.1 Å². The summed E-state index contributed by atoms with van der Waals surface area (Å²) in [4.78, 5) is 25.1. The van der Waals surface area contributed by atoms with Gasteiger partial charge in [0.25, 0.3) is 0 Å². The van der Waals surface area contributed by atoms with E-state index in [1.165, 1.54) is 24.3 Å². The van der Waals surface area contributed by atoms with Crippen molar-refractivity contribution in [2.75, 3.05) is 7.11 Å². The molecular weight excluding hydrogens is 252 g/mol. The Morgan fingerprint density at radius 1 is 1.20 bits per heavy atom. The Kier molecular flexibility index (Phi) is 2.14. The molecule has 0 bridgehead atoms. The Labute approximate surface area is 117 Å². The van der Waals surface area contributed by atoms with E-state index >= 15 is 0 Å². The van der Waals surface area contributed by atoms with Gasteiger partial charge in [-0.15, -0.1) is 0 Å². The zero-order chi connectivity index (χ0) is 14.1. The van der Waals surface area contributed by atoms with E-state index in [1.54, 1.807) is 0 Å². The van der Waals surface area contributed by atoms with E-state index in [-0.39, 0.29) is 35.1 Å². The number of ketones is 2. The van der Waals surface area contributed by atoms with Crippen LogP contribution in [0.4, 0.5) is 0 Å². The van der Waals surface area contributed by atoms with Crippen LogP contribution >= 0.6 is 0 Å². The predicted molar refractivity (Wildman–Crippen MR) is 73.1 cm³/mol. The SMILES string of the molecule is COC1=CC(=O)C2C3Cc4ccccc4C3[C@@]2(C)C1=O. The molecule has 3 aliphatic rings. The van der Waals surface area contributed by atoms with Crippen LogP contribution in [0.5, 0.6) is 0 Å². The van der Waals surface area contributed by atoms with Crippen LogP contribution in [0.3, 0.4) is 0 Å². The first-order chi connectivity index (χ1) is 9.59. The largest absolute Gasteiger partial charge is 0.493 e. The van der Waals surface area contributed by atoms with Crippen molar-refractivity contribution in [3.63, 3.8) is 0 Å². The van der Waals surface area contributed by atoms with Gasteiger partial charge in [0.2, 0.25) is 5.78 Å². The summed E-state index contributed by atoms with van der Waals surface area (Å²) >= 11 is 0. The van der Waals surface area contributed by atoms with E-state index in [9.17, 15) is 9.59 Å². The van der Waals surface area contributed by atoms with Crippen molar-refractivity contribution >= 4 is 11.6 Å². The monoisotopic (exact) mass is 268 g/mol. The van der Waals surface area contributed by atoms with Crippen LogP contribution in [-0.4, -0.2) is 18.7 Å². The van der Waals surface area contributed by atoms with E-state index in [0.717, 1.165) is 6.42 Å². The zero-order valence-electron chi connectivity index (χ0n) is 11.6. The van der Waals surface area contributed by atoms with Crippen molar-refractivity contribution in [2.45, 2.75) is 19.3 Å². The molecule has 1 saturated carbocycles. The molecule has 4 atom stereocenters. The minimum atomic E-state index is -0.617. The number of carbonyl (C=O) groups is 2. The number of benzene rings is 1. The molecule has 3 aliphatic carbocycles. The first-order valence-corrected chi connectivity index (χ1v) is 7.01. The molecule has 0 saturated heterocycles. The molecule has 1 aromatic carbocycles. The molecule has 0 N–H and O–H groups in total. The third kappa shape index (κ3) is 1.13. The van der Waals surface area contributed by atoms with Gasteiger partial charge < -0.3 is 4.74 Å². The Bertz CT molecular complexity index is 673. The van der Waals surface area contributed by atoms with Crippen molar-refractivity contribution in [2.24, 2.45) is 17.3 Å². The summed E-state index contributed by atoms with van der Waals surface area (Å²) in [5.41, 5.74) is 1.92. The molecule has 102 valence electrons. The number of hydrogen-bond donors (Lipinski definition) is 0. The fraction of sp³-hybridized carbons (Fsp3) is 0.412. The topological polar surface area (TPSA) is 43.4 Å². The van der Waals surface area contributed by atoms with E-state index in [4.69, 9.17) is 4.74 Å². The molecule has 20 heavy (non-hydrogen) atoms. The van der Waals surface area contributed by atoms with Gasteiger partial charge in [-0.25, -0.2) is 0 Å². The van der Waals surface area contributed by atoms with Gasteiger partial charge in [-0.3, -0.25) is 9.59 Å². The lowest BCUT2D eigenvalue weighted by Crippen LogP contribution is -2.61. The summed E-state index contributed by atoms with van der Waals surface area (Å²) in [7, 11) is 1.46. The van der Waals surface area contributed by atoms with E-state index in [2.05, 4.69) is 12.1 Å². The number of methoxy groups -OCH3 is 1. The lowest BCUT2D eigenvalue weighted by atomic mass is 9.43. The fourth-order valence-corrected chi connectivity index (χ4v) is 4.71. The lowest BCUT2D eigenvalue weighted by molar-refractivity contribution is -0.158. The molecule has 0 aliphatic heterocycles. The van der Waals surface area contributed by atoms with Crippen LogP contribution in [-0.2, 0) is 20.7 Å². The van der Waals surface area contributed by atoms with Gasteiger partial charge >= 0.3 is 0 Å². The highest BCUT2D eigenvalue weighted by Crippen LogP contribution is 2.68. The van der Waals surface area contributed by atoms with Crippen LogP contribution in [0.2, 0.25) is 0 Å². The number of hydrogen-bond acceptors (Lipinski definition) is 3. The minimum Gasteiger partial charge on any atom is -0.493 e. The molecule has 3 heteroatoms.